The molecular formula is C26H45NO5S. The number of hydrogen-bond acceptors (Lipinski definition) is 4. The third-order valence-electron chi connectivity index (χ3n) is 5.79. The number of rotatable bonds is 20. The molecule has 0 spiro atoms. The molecule has 1 atom stereocenters. The van der Waals surface area contributed by atoms with E-state index in [1.807, 2.05) is 24.3 Å². The summed E-state index contributed by atoms with van der Waals surface area (Å²) in [5, 5.41) is 2.58. The Morgan fingerprint density at radius 1 is 0.879 bits per heavy atom. The van der Waals surface area contributed by atoms with Crippen LogP contribution in [-0.4, -0.2) is 37.3 Å². The van der Waals surface area contributed by atoms with E-state index < -0.39 is 22.0 Å². The number of ether oxygens (including phenoxy) is 1. The van der Waals surface area contributed by atoms with E-state index in [0.717, 1.165) is 38.5 Å². The molecule has 0 saturated heterocycles. The Bertz CT molecular complexity index is 734. The second-order valence-corrected chi connectivity index (χ2v) is 10.5. The lowest BCUT2D eigenvalue weighted by Crippen LogP contribution is -2.40. The summed E-state index contributed by atoms with van der Waals surface area (Å²) < 4.78 is 36.7. The van der Waals surface area contributed by atoms with Crippen molar-refractivity contribution in [3.05, 3.63) is 29.8 Å². The van der Waals surface area contributed by atoms with Crippen molar-refractivity contribution in [1.29, 1.82) is 0 Å². The zero-order chi connectivity index (χ0) is 24.4. The van der Waals surface area contributed by atoms with Crippen LogP contribution in [0.15, 0.2) is 24.3 Å². The summed E-state index contributed by atoms with van der Waals surface area (Å²) in [4.78, 5) is 12.6. The van der Waals surface area contributed by atoms with Crippen molar-refractivity contribution in [1.82, 2.24) is 5.32 Å². The van der Waals surface area contributed by atoms with Crippen LogP contribution in [0.5, 0.6) is 5.75 Å². The van der Waals surface area contributed by atoms with E-state index in [9.17, 15) is 13.2 Å². The highest BCUT2D eigenvalue weighted by atomic mass is 32.2. The van der Waals surface area contributed by atoms with Gasteiger partial charge < -0.3 is 10.1 Å². The van der Waals surface area contributed by atoms with E-state index in [4.69, 9.17) is 9.29 Å². The molecule has 0 saturated carbocycles. The molecule has 190 valence electrons. The van der Waals surface area contributed by atoms with Gasteiger partial charge in [-0.25, -0.2) is 0 Å². The maximum Gasteiger partial charge on any atom is 0.266 e. The van der Waals surface area contributed by atoms with Gasteiger partial charge in [0.05, 0.1) is 5.75 Å². The number of carbonyl (C=O) groups excluding carboxylic acids is 1. The second kappa shape index (κ2) is 17.8. The van der Waals surface area contributed by atoms with Crippen LogP contribution in [-0.2, 0) is 21.3 Å². The Balaban J connectivity index is 2.48. The van der Waals surface area contributed by atoms with Gasteiger partial charge in [-0.2, -0.15) is 8.42 Å². The van der Waals surface area contributed by atoms with Crippen LogP contribution in [0.1, 0.15) is 103 Å². The van der Waals surface area contributed by atoms with Crippen molar-refractivity contribution in [3.63, 3.8) is 0 Å². The predicted octanol–water partition coefficient (Wildman–Crippen LogP) is 6.09. The Hall–Kier alpha value is -1.60. The smallest absolute Gasteiger partial charge is 0.266 e. The fraction of sp³-hybridized carbons (Fsp3) is 0.731. The molecule has 1 aromatic carbocycles. The number of carbonyl (C=O) groups is 1. The minimum absolute atomic E-state index is 0.133. The van der Waals surface area contributed by atoms with Crippen molar-refractivity contribution in [2.45, 2.75) is 110 Å². The van der Waals surface area contributed by atoms with Crippen molar-refractivity contribution in [3.8, 4) is 5.75 Å². The molecule has 0 radical (unpaired) electrons. The third kappa shape index (κ3) is 15.8. The molecule has 33 heavy (non-hydrogen) atoms. The molecule has 1 amide bonds. The van der Waals surface area contributed by atoms with Crippen LogP contribution < -0.4 is 10.1 Å². The molecule has 0 fully saturated rings. The molecule has 0 aliphatic heterocycles. The standard InChI is InChI=1S/C26H45NO5S/c1-3-5-7-8-9-10-11-12-13-14-16-25(26(28)27-21-22-33(29,30)31)32-24-19-17-23(18-20-24)15-6-4-2/h17-20,25H,3-16,21-22H2,1-2H3,(H,27,28)(H,29,30,31). The average Bonchev–Trinajstić information content (AvgIpc) is 2.78. The summed E-state index contributed by atoms with van der Waals surface area (Å²) in [6.07, 6.45) is 15.3. The highest BCUT2D eigenvalue weighted by Gasteiger charge is 2.20. The number of benzene rings is 1. The van der Waals surface area contributed by atoms with Crippen LogP contribution in [0.25, 0.3) is 0 Å². The normalized spacial score (nSPS) is 12.5. The second-order valence-electron chi connectivity index (χ2n) is 8.90. The molecular weight excluding hydrogens is 438 g/mol. The lowest BCUT2D eigenvalue weighted by molar-refractivity contribution is -0.128. The average molecular weight is 484 g/mol. The molecule has 0 aliphatic carbocycles. The van der Waals surface area contributed by atoms with E-state index in [-0.39, 0.29) is 12.5 Å². The van der Waals surface area contributed by atoms with Gasteiger partial charge in [0, 0.05) is 6.54 Å². The van der Waals surface area contributed by atoms with Crippen LogP contribution in [0.2, 0.25) is 0 Å². The lowest BCUT2D eigenvalue weighted by Gasteiger charge is -2.19. The van der Waals surface area contributed by atoms with Crippen molar-refractivity contribution in [2.24, 2.45) is 0 Å². The van der Waals surface area contributed by atoms with Crippen molar-refractivity contribution in [2.75, 3.05) is 12.3 Å². The summed E-state index contributed by atoms with van der Waals surface area (Å²) in [6, 6.07) is 7.83. The van der Waals surface area contributed by atoms with Gasteiger partial charge in [0.15, 0.2) is 6.10 Å². The summed E-state index contributed by atoms with van der Waals surface area (Å²) in [6.45, 7) is 4.26. The first-order valence-electron chi connectivity index (χ1n) is 12.8. The summed E-state index contributed by atoms with van der Waals surface area (Å²) >= 11 is 0. The SMILES string of the molecule is CCCCCCCCCCCCC(Oc1ccc(CCCC)cc1)C(=O)NCCS(=O)(=O)O. The van der Waals surface area contributed by atoms with Gasteiger partial charge in [0.2, 0.25) is 0 Å². The summed E-state index contributed by atoms with van der Waals surface area (Å²) in [5.74, 6) is -0.211. The fourth-order valence-electron chi connectivity index (χ4n) is 3.76. The molecule has 0 bridgehead atoms. The van der Waals surface area contributed by atoms with E-state index in [1.165, 1.54) is 50.5 Å². The minimum atomic E-state index is -4.11. The fourth-order valence-corrected chi connectivity index (χ4v) is 4.12. The molecule has 1 rings (SSSR count). The zero-order valence-corrected chi connectivity index (χ0v) is 21.5. The largest absolute Gasteiger partial charge is 0.481 e. The molecule has 1 unspecified atom stereocenters. The van der Waals surface area contributed by atoms with E-state index in [0.29, 0.717) is 12.2 Å². The van der Waals surface area contributed by atoms with Crippen LogP contribution in [0.4, 0.5) is 0 Å². The minimum Gasteiger partial charge on any atom is -0.481 e. The molecule has 6 nitrogen and oxygen atoms in total. The van der Waals surface area contributed by atoms with Gasteiger partial charge in [0.1, 0.15) is 5.75 Å². The predicted molar refractivity (Wildman–Crippen MR) is 135 cm³/mol. The molecule has 0 aromatic heterocycles. The summed E-state index contributed by atoms with van der Waals surface area (Å²) in [5.41, 5.74) is 1.24. The van der Waals surface area contributed by atoms with Crippen LogP contribution >= 0.6 is 0 Å². The molecule has 0 heterocycles. The van der Waals surface area contributed by atoms with E-state index in [2.05, 4.69) is 19.2 Å². The monoisotopic (exact) mass is 483 g/mol. The highest BCUT2D eigenvalue weighted by molar-refractivity contribution is 7.85. The summed E-state index contributed by atoms with van der Waals surface area (Å²) in [7, 11) is -4.11. The van der Waals surface area contributed by atoms with Gasteiger partial charge >= 0.3 is 0 Å². The van der Waals surface area contributed by atoms with Gasteiger partial charge in [0.25, 0.3) is 16.0 Å². The number of aryl methyl sites for hydroxylation is 1. The lowest BCUT2D eigenvalue weighted by atomic mass is 10.0. The Labute approximate surface area is 201 Å². The molecule has 7 heteroatoms. The van der Waals surface area contributed by atoms with Crippen molar-refractivity contribution < 1.29 is 22.5 Å². The number of amides is 1. The third-order valence-corrected chi connectivity index (χ3v) is 6.51. The highest BCUT2D eigenvalue weighted by Crippen LogP contribution is 2.19. The van der Waals surface area contributed by atoms with Crippen LogP contribution in [0, 0.1) is 0 Å². The first-order valence-corrected chi connectivity index (χ1v) is 14.4. The maximum atomic E-state index is 12.6. The first kappa shape index (κ1) is 29.4. The Morgan fingerprint density at radius 3 is 1.97 bits per heavy atom. The maximum absolute atomic E-state index is 12.6. The van der Waals surface area contributed by atoms with Crippen LogP contribution in [0.3, 0.4) is 0 Å². The van der Waals surface area contributed by atoms with Gasteiger partial charge in [-0.1, -0.05) is 90.2 Å². The zero-order valence-electron chi connectivity index (χ0n) is 20.7. The van der Waals surface area contributed by atoms with E-state index >= 15 is 0 Å². The Morgan fingerprint density at radius 2 is 1.42 bits per heavy atom. The number of nitrogens with one attached hydrogen (secondary N) is 1. The van der Waals surface area contributed by atoms with E-state index in [1.54, 1.807) is 0 Å². The first-order chi connectivity index (χ1) is 15.9. The molecule has 1 aromatic rings. The topological polar surface area (TPSA) is 92.7 Å². The quantitative estimate of drug-likeness (QED) is 0.173. The van der Waals surface area contributed by atoms with Gasteiger partial charge in [-0.3, -0.25) is 9.35 Å². The number of hydrogen-bond donors (Lipinski definition) is 2. The van der Waals surface area contributed by atoms with Gasteiger partial charge in [-0.15, -0.1) is 0 Å². The molecule has 2 N–H and O–H groups in total. The van der Waals surface area contributed by atoms with Gasteiger partial charge in [-0.05, 0) is 43.4 Å². The Kier molecular flexibility index (Phi) is 15.9. The number of unbranched alkanes of at least 4 members (excludes halogenated alkanes) is 10. The van der Waals surface area contributed by atoms with Crippen molar-refractivity contribution >= 4 is 16.0 Å². The molecule has 0 aliphatic rings.